The van der Waals surface area contributed by atoms with Gasteiger partial charge in [0.15, 0.2) is 0 Å². The first-order valence-corrected chi connectivity index (χ1v) is 6.33. The summed E-state index contributed by atoms with van der Waals surface area (Å²) in [5.41, 5.74) is 0.978. The summed E-state index contributed by atoms with van der Waals surface area (Å²) in [5.74, 6) is 0.732. The summed E-state index contributed by atoms with van der Waals surface area (Å²) in [7, 11) is 0. The van der Waals surface area contributed by atoms with Gasteiger partial charge in [-0.15, -0.1) is 0 Å². The zero-order chi connectivity index (χ0) is 13.8. The molecule has 0 saturated heterocycles. The van der Waals surface area contributed by atoms with Crippen LogP contribution < -0.4 is 5.32 Å². The van der Waals surface area contributed by atoms with E-state index >= 15 is 0 Å². The number of hydrogen-bond acceptors (Lipinski definition) is 3. The molecule has 0 aliphatic rings. The lowest BCUT2D eigenvalue weighted by Gasteiger charge is -2.07. The van der Waals surface area contributed by atoms with Crippen molar-refractivity contribution in [1.82, 2.24) is 9.97 Å². The van der Waals surface area contributed by atoms with Gasteiger partial charge < -0.3 is 5.32 Å². The molecular weight excluding hydrogens is 262 g/mol. The van der Waals surface area contributed by atoms with Crippen LogP contribution in [0.2, 0.25) is 5.02 Å². The molecule has 1 aromatic heterocycles. The van der Waals surface area contributed by atoms with Gasteiger partial charge in [0.25, 0.3) is 5.91 Å². The molecule has 98 valence electrons. The molecule has 1 amide bonds. The summed E-state index contributed by atoms with van der Waals surface area (Å²) < 4.78 is 0. The molecule has 2 rings (SSSR count). The van der Waals surface area contributed by atoms with Gasteiger partial charge in [-0.25, -0.2) is 9.97 Å². The summed E-state index contributed by atoms with van der Waals surface area (Å²) in [4.78, 5) is 20.4. The molecule has 5 heteroatoms. The highest BCUT2D eigenvalue weighted by molar-refractivity contribution is 6.34. The van der Waals surface area contributed by atoms with E-state index in [9.17, 15) is 4.79 Å². The number of hydrogen-bond donors (Lipinski definition) is 1. The molecule has 1 heterocycles. The third kappa shape index (κ3) is 3.29. The predicted molar refractivity (Wildman–Crippen MR) is 75.5 cm³/mol. The van der Waals surface area contributed by atoms with Crippen molar-refractivity contribution < 1.29 is 4.79 Å². The number of anilines is 1. The van der Waals surface area contributed by atoms with E-state index in [1.165, 1.54) is 0 Å². The highest BCUT2D eigenvalue weighted by Gasteiger charge is 2.10. The molecule has 0 spiro atoms. The summed E-state index contributed by atoms with van der Waals surface area (Å²) in [6, 6.07) is 6.88. The second-order valence-electron chi connectivity index (χ2n) is 4.42. The SMILES string of the molecule is CC(C)c1ncc(NC(=O)c2ccccc2Cl)cn1. The quantitative estimate of drug-likeness (QED) is 0.933. The number of carbonyl (C=O) groups is 1. The Balaban J connectivity index is 2.13. The standard InChI is InChI=1S/C14H14ClN3O/c1-9(2)13-16-7-10(8-17-13)18-14(19)11-5-3-4-6-12(11)15/h3-9H,1-2H3,(H,18,19). The number of amides is 1. The molecule has 0 unspecified atom stereocenters. The summed E-state index contributed by atoms with van der Waals surface area (Å²) in [5, 5.41) is 3.13. The van der Waals surface area contributed by atoms with Crippen molar-refractivity contribution in [1.29, 1.82) is 0 Å². The van der Waals surface area contributed by atoms with Crippen molar-refractivity contribution in [3.05, 3.63) is 53.1 Å². The molecule has 0 fully saturated rings. The Kier molecular flexibility index (Phi) is 4.12. The van der Waals surface area contributed by atoms with Gasteiger partial charge in [0.05, 0.1) is 28.7 Å². The fourth-order valence-electron chi connectivity index (χ4n) is 1.54. The maximum Gasteiger partial charge on any atom is 0.257 e. The third-order valence-electron chi connectivity index (χ3n) is 2.56. The van der Waals surface area contributed by atoms with Crippen molar-refractivity contribution in [2.45, 2.75) is 19.8 Å². The first kappa shape index (κ1) is 13.5. The van der Waals surface area contributed by atoms with E-state index in [4.69, 9.17) is 11.6 Å². The minimum Gasteiger partial charge on any atom is -0.319 e. The molecule has 0 aliphatic carbocycles. The van der Waals surface area contributed by atoms with E-state index < -0.39 is 0 Å². The number of rotatable bonds is 3. The van der Waals surface area contributed by atoms with Gasteiger partial charge >= 0.3 is 0 Å². The number of carbonyl (C=O) groups excluding carboxylic acids is 1. The molecule has 1 N–H and O–H groups in total. The smallest absolute Gasteiger partial charge is 0.257 e. The minimum atomic E-state index is -0.272. The van der Waals surface area contributed by atoms with Crippen LogP contribution in [0.5, 0.6) is 0 Å². The number of nitrogens with zero attached hydrogens (tertiary/aromatic N) is 2. The van der Waals surface area contributed by atoms with Crippen LogP contribution in [0.15, 0.2) is 36.7 Å². The van der Waals surface area contributed by atoms with E-state index in [1.54, 1.807) is 36.7 Å². The molecule has 2 aromatic rings. The summed E-state index contributed by atoms with van der Waals surface area (Å²) in [6.45, 7) is 4.02. The lowest BCUT2D eigenvalue weighted by Crippen LogP contribution is -2.13. The van der Waals surface area contributed by atoms with E-state index in [2.05, 4.69) is 15.3 Å². The number of nitrogens with one attached hydrogen (secondary N) is 1. The first-order valence-electron chi connectivity index (χ1n) is 5.95. The van der Waals surface area contributed by atoms with Crippen molar-refractivity contribution in [3.63, 3.8) is 0 Å². The van der Waals surface area contributed by atoms with Gasteiger partial charge in [-0.1, -0.05) is 37.6 Å². The molecule has 0 aliphatic heterocycles. The van der Waals surface area contributed by atoms with Crippen LogP contribution in [-0.4, -0.2) is 15.9 Å². The van der Waals surface area contributed by atoms with Gasteiger partial charge in [-0.05, 0) is 12.1 Å². The van der Waals surface area contributed by atoms with Gasteiger partial charge in [0, 0.05) is 5.92 Å². The summed E-state index contributed by atoms with van der Waals surface area (Å²) in [6.07, 6.45) is 3.19. The van der Waals surface area contributed by atoms with E-state index in [0.717, 1.165) is 5.82 Å². The Morgan fingerprint density at radius 1 is 1.21 bits per heavy atom. The number of aromatic nitrogens is 2. The van der Waals surface area contributed by atoms with Gasteiger partial charge in [0.1, 0.15) is 5.82 Å². The van der Waals surface area contributed by atoms with Crippen molar-refractivity contribution in [2.75, 3.05) is 5.32 Å². The molecule has 1 aromatic carbocycles. The van der Waals surface area contributed by atoms with Gasteiger partial charge in [-0.2, -0.15) is 0 Å². The molecule has 0 saturated carbocycles. The molecule has 4 nitrogen and oxygen atoms in total. The third-order valence-corrected chi connectivity index (χ3v) is 2.89. The second kappa shape index (κ2) is 5.80. The zero-order valence-corrected chi connectivity index (χ0v) is 11.5. The second-order valence-corrected chi connectivity index (χ2v) is 4.83. The summed E-state index contributed by atoms with van der Waals surface area (Å²) >= 11 is 5.96. The highest BCUT2D eigenvalue weighted by Crippen LogP contribution is 2.17. The van der Waals surface area contributed by atoms with Crippen LogP contribution in [0.3, 0.4) is 0 Å². The Morgan fingerprint density at radius 2 is 1.84 bits per heavy atom. The molecule has 0 bridgehead atoms. The largest absolute Gasteiger partial charge is 0.319 e. The van der Waals surface area contributed by atoms with Crippen LogP contribution in [0, 0.1) is 0 Å². The van der Waals surface area contributed by atoms with Gasteiger partial charge in [0.2, 0.25) is 0 Å². The Hall–Kier alpha value is -1.94. The normalized spacial score (nSPS) is 10.5. The Bertz CT molecular complexity index is 581. The lowest BCUT2D eigenvalue weighted by atomic mass is 10.2. The first-order chi connectivity index (χ1) is 9.08. The topological polar surface area (TPSA) is 54.9 Å². The molecule has 0 atom stereocenters. The lowest BCUT2D eigenvalue weighted by molar-refractivity contribution is 0.102. The Morgan fingerprint density at radius 3 is 2.42 bits per heavy atom. The highest BCUT2D eigenvalue weighted by atomic mass is 35.5. The van der Waals surface area contributed by atoms with Crippen LogP contribution >= 0.6 is 11.6 Å². The fourth-order valence-corrected chi connectivity index (χ4v) is 1.77. The minimum absolute atomic E-state index is 0.258. The monoisotopic (exact) mass is 275 g/mol. The molecule has 19 heavy (non-hydrogen) atoms. The van der Waals surface area contributed by atoms with Crippen molar-refractivity contribution >= 4 is 23.2 Å². The molecule has 0 radical (unpaired) electrons. The van der Waals surface area contributed by atoms with Crippen LogP contribution in [0.1, 0.15) is 35.9 Å². The average molecular weight is 276 g/mol. The van der Waals surface area contributed by atoms with E-state index in [0.29, 0.717) is 16.3 Å². The van der Waals surface area contributed by atoms with Crippen molar-refractivity contribution in [2.24, 2.45) is 0 Å². The average Bonchev–Trinajstić information content (AvgIpc) is 2.39. The van der Waals surface area contributed by atoms with E-state index in [1.807, 2.05) is 13.8 Å². The fraction of sp³-hybridized carbons (Fsp3) is 0.214. The Labute approximate surface area is 116 Å². The predicted octanol–water partition coefficient (Wildman–Crippen LogP) is 3.51. The zero-order valence-electron chi connectivity index (χ0n) is 10.7. The molecular formula is C14H14ClN3O. The number of benzene rings is 1. The number of halogens is 1. The van der Waals surface area contributed by atoms with Crippen LogP contribution in [0.4, 0.5) is 5.69 Å². The van der Waals surface area contributed by atoms with Crippen LogP contribution in [-0.2, 0) is 0 Å². The van der Waals surface area contributed by atoms with Crippen molar-refractivity contribution in [3.8, 4) is 0 Å². The van der Waals surface area contributed by atoms with Gasteiger partial charge in [-0.3, -0.25) is 4.79 Å². The van der Waals surface area contributed by atoms with E-state index in [-0.39, 0.29) is 11.8 Å². The maximum absolute atomic E-state index is 12.0. The van der Waals surface area contributed by atoms with Crippen LogP contribution in [0.25, 0.3) is 0 Å². The maximum atomic E-state index is 12.0.